The fraction of sp³-hybridized carbons (Fsp3) is 0.632. The maximum absolute atomic E-state index is 6.00. The first-order valence-corrected chi connectivity index (χ1v) is 10.9. The van der Waals surface area contributed by atoms with Gasteiger partial charge in [0, 0.05) is 42.3 Å². The van der Waals surface area contributed by atoms with Crippen molar-refractivity contribution in [2.45, 2.75) is 52.4 Å². The second kappa shape index (κ2) is 6.65. The maximum atomic E-state index is 6.00. The van der Waals surface area contributed by atoms with E-state index in [1.807, 2.05) is 11.4 Å². The number of nitrogen functional groups attached to an aromatic ring is 1. The van der Waals surface area contributed by atoms with Gasteiger partial charge in [0.05, 0.1) is 0 Å². The lowest BCUT2D eigenvalue weighted by Gasteiger charge is -2.38. The first-order chi connectivity index (χ1) is 13.5. The summed E-state index contributed by atoms with van der Waals surface area (Å²) in [5, 5.41) is 5.51. The molecule has 2 bridgehead atoms. The van der Waals surface area contributed by atoms with E-state index in [4.69, 9.17) is 10.7 Å². The van der Waals surface area contributed by atoms with Gasteiger partial charge in [0.2, 0.25) is 11.1 Å². The number of hydrogen-bond acceptors (Lipinski definition) is 8. The summed E-state index contributed by atoms with van der Waals surface area (Å²) in [6, 6.07) is 0. The van der Waals surface area contributed by atoms with Crippen LogP contribution in [-0.4, -0.2) is 42.0 Å². The third-order valence-electron chi connectivity index (χ3n) is 6.22. The van der Waals surface area contributed by atoms with Crippen molar-refractivity contribution in [3.63, 3.8) is 0 Å². The molecule has 0 radical (unpaired) electrons. The Hall–Kier alpha value is -2.29. The number of aryl methyl sites for hydroxylation is 3. The van der Waals surface area contributed by atoms with Crippen molar-refractivity contribution in [2.75, 3.05) is 23.7 Å². The van der Waals surface area contributed by atoms with Crippen LogP contribution in [0.5, 0.6) is 0 Å². The summed E-state index contributed by atoms with van der Waals surface area (Å²) >= 11 is 1.51. The highest BCUT2D eigenvalue weighted by Crippen LogP contribution is 2.50. The molecular weight excluding hydrogens is 372 g/mol. The summed E-state index contributed by atoms with van der Waals surface area (Å²) in [7, 11) is 0. The van der Waals surface area contributed by atoms with Crippen molar-refractivity contribution in [1.82, 2.24) is 28.9 Å². The molecule has 1 saturated carbocycles. The Morgan fingerprint density at radius 3 is 2.50 bits per heavy atom. The minimum atomic E-state index is 0.333. The number of fused-ring (bicyclic) bond motifs is 3. The zero-order chi connectivity index (χ0) is 19.4. The van der Waals surface area contributed by atoms with Crippen LogP contribution in [0.4, 0.5) is 11.1 Å². The molecular formula is C19H26N8S. The van der Waals surface area contributed by atoms with Gasteiger partial charge in [0.1, 0.15) is 11.6 Å². The molecule has 4 heterocycles. The van der Waals surface area contributed by atoms with Crippen LogP contribution in [0.15, 0.2) is 0 Å². The fourth-order valence-electron chi connectivity index (χ4n) is 5.19. The van der Waals surface area contributed by atoms with Gasteiger partial charge in [-0.1, -0.05) is 6.92 Å². The molecule has 148 valence electrons. The van der Waals surface area contributed by atoms with Crippen LogP contribution < -0.4 is 10.6 Å². The predicted octanol–water partition coefficient (Wildman–Crippen LogP) is 2.76. The van der Waals surface area contributed by atoms with Gasteiger partial charge in [-0.2, -0.15) is 13.9 Å². The Balaban J connectivity index is 1.54. The molecule has 2 aliphatic rings. The number of nitrogens with zero attached hydrogens (tertiary/aromatic N) is 7. The van der Waals surface area contributed by atoms with Gasteiger partial charge in [-0.05, 0) is 50.9 Å². The molecule has 3 aromatic rings. The van der Waals surface area contributed by atoms with E-state index < -0.39 is 0 Å². The van der Waals surface area contributed by atoms with E-state index in [0.29, 0.717) is 23.7 Å². The molecule has 1 saturated heterocycles. The number of piperidine rings is 1. The lowest BCUT2D eigenvalue weighted by atomic mass is 9.79. The van der Waals surface area contributed by atoms with Gasteiger partial charge >= 0.3 is 0 Å². The molecule has 3 aromatic heterocycles. The molecule has 8 nitrogen and oxygen atoms in total. The molecule has 5 rings (SSSR count). The van der Waals surface area contributed by atoms with Crippen molar-refractivity contribution in [3.05, 3.63) is 22.9 Å². The van der Waals surface area contributed by atoms with Gasteiger partial charge in [0.25, 0.3) is 0 Å². The fourth-order valence-corrected chi connectivity index (χ4v) is 5.88. The van der Waals surface area contributed by atoms with E-state index in [1.165, 1.54) is 29.9 Å². The largest absolute Gasteiger partial charge is 0.366 e. The summed E-state index contributed by atoms with van der Waals surface area (Å²) < 4.78 is 6.26. The molecule has 0 aromatic carbocycles. The van der Waals surface area contributed by atoms with Crippen LogP contribution in [0.1, 0.15) is 55.0 Å². The van der Waals surface area contributed by atoms with Crippen molar-refractivity contribution in [3.8, 4) is 0 Å². The van der Waals surface area contributed by atoms with Gasteiger partial charge in [-0.3, -0.25) is 0 Å². The van der Waals surface area contributed by atoms with E-state index >= 15 is 0 Å². The number of nitrogens with two attached hydrogens (primary N) is 1. The predicted molar refractivity (Wildman–Crippen MR) is 110 cm³/mol. The normalized spacial score (nSPS) is 24.4. The van der Waals surface area contributed by atoms with E-state index in [9.17, 15) is 0 Å². The first kappa shape index (κ1) is 17.8. The van der Waals surface area contributed by atoms with Gasteiger partial charge in [-0.25, -0.2) is 9.97 Å². The standard InChI is InChI=1S/C19H26N8S/c1-4-5-14-21-10(2)15(17-23-18(20)24-27(14)17)16-12-6-7-13(16)9-26(8-12)19-22-11(3)25-28-19/h12-13,16H,4-9H2,1-3H3,(H2,20,24). The lowest BCUT2D eigenvalue weighted by Crippen LogP contribution is -2.41. The average molecular weight is 399 g/mol. The Labute approximate surface area is 168 Å². The topological polar surface area (TPSA) is 98.1 Å². The zero-order valence-electron chi connectivity index (χ0n) is 16.6. The summed E-state index contributed by atoms with van der Waals surface area (Å²) in [6.45, 7) is 8.27. The quantitative estimate of drug-likeness (QED) is 0.721. The second-order valence-corrected chi connectivity index (χ2v) is 8.87. The highest BCUT2D eigenvalue weighted by atomic mass is 32.1. The molecule has 2 fully saturated rings. The molecule has 2 atom stereocenters. The number of aromatic nitrogens is 6. The third kappa shape index (κ3) is 2.75. The Bertz CT molecular complexity index is 1010. The summed E-state index contributed by atoms with van der Waals surface area (Å²) in [5.74, 6) is 3.75. The van der Waals surface area contributed by atoms with Gasteiger partial charge in [-0.15, -0.1) is 5.10 Å². The van der Waals surface area contributed by atoms with Gasteiger partial charge in [0.15, 0.2) is 5.65 Å². The number of anilines is 2. The van der Waals surface area contributed by atoms with Crippen LogP contribution in [0.3, 0.4) is 0 Å². The van der Waals surface area contributed by atoms with Crippen molar-refractivity contribution in [1.29, 1.82) is 0 Å². The van der Waals surface area contributed by atoms with Crippen LogP contribution in [0.25, 0.3) is 5.65 Å². The second-order valence-electron chi connectivity index (χ2n) is 8.13. The highest BCUT2D eigenvalue weighted by molar-refractivity contribution is 7.09. The van der Waals surface area contributed by atoms with Crippen molar-refractivity contribution < 1.29 is 0 Å². The molecule has 1 aliphatic carbocycles. The van der Waals surface area contributed by atoms with E-state index in [-0.39, 0.29) is 0 Å². The zero-order valence-corrected chi connectivity index (χ0v) is 17.4. The van der Waals surface area contributed by atoms with E-state index in [0.717, 1.165) is 54.1 Å². The summed E-state index contributed by atoms with van der Waals surface area (Å²) in [4.78, 5) is 16.6. The molecule has 9 heteroatoms. The molecule has 0 spiro atoms. The smallest absolute Gasteiger partial charge is 0.240 e. The highest BCUT2D eigenvalue weighted by Gasteiger charge is 2.45. The van der Waals surface area contributed by atoms with Crippen LogP contribution >= 0.6 is 11.5 Å². The Morgan fingerprint density at radius 2 is 1.86 bits per heavy atom. The molecule has 0 amide bonds. The maximum Gasteiger partial charge on any atom is 0.240 e. The van der Waals surface area contributed by atoms with E-state index in [1.54, 1.807) is 0 Å². The summed E-state index contributed by atoms with van der Waals surface area (Å²) in [6.07, 6.45) is 4.36. The SMILES string of the molecule is CCCc1nc(C)c(C2C3CCC2CN(c2nc(C)ns2)C3)c2nc(N)nn12. The van der Waals surface area contributed by atoms with Crippen molar-refractivity contribution in [2.24, 2.45) is 11.8 Å². The third-order valence-corrected chi connectivity index (χ3v) is 7.09. The summed E-state index contributed by atoms with van der Waals surface area (Å²) in [5.41, 5.74) is 9.25. The van der Waals surface area contributed by atoms with Gasteiger partial charge < -0.3 is 10.6 Å². The van der Waals surface area contributed by atoms with E-state index in [2.05, 4.69) is 38.2 Å². The monoisotopic (exact) mass is 398 g/mol. The van der Waals surface area contributed by atoms with Crippen LogP contribution in [0.2, 0.25) is 0 Å². The molecule has 1 aliphatic heterocycles. The van der Waals surface area contributed by atoms with Crippen molar-refractivity contribution >= 4 is 28.3 Å². The lowest BCUT2D eigenvalue weighted by molar-refractivity contribution is 0.354. The van der Waals surface area contributed by atoms with Crippen LogP contribution in [-0.2, 0) is 6.42 Å². The molecule has 28 heavy (non-hydrogen) atoms. The average Bonchev–Trinajstić information content (AvgIpc) is 3.32. The Kier molecular flexibility index (Phi) is 4.22. The first-order valence-electron chi connectivity index (χ1n) is 10.1. The molecule has 2 unspecified atom stereocenters. The number of rotatable bonds is 4. The molecule has 2 N–H and O–H groups in total. The minimum absolute atomic E-state index is 0.333. The van der Waals surface area contributed by atoms with Crippen LogP contribution in [0, 0.1) is 25.7 Å². The Morgan fingerprint density at radius 1 is 1.11 bits per heavy atom. The minimum Gasteiger partial charge on any atom is -0.366 e. The number of hydrogen-bond donors (Lipinski definition) is 1.